The fraction of sp³-hybridized carbons (Fsp3) is 0.250. The third-order valence-electron chi connectivity index (χ3n) is 3.13. The lowest BCUT2D eigenvalue weighted by Crippen LogP contribution is -2.32. The van der Waals surface area contributed by atoms with E-state index in [0.29, 0.717) is 18.7 Å². The van der Waals surface area contributed by atoms with Crippen molar-refractivity contribution in [3.63, 3.8) is 0 Å². The van der Waals surface area contributed by atoms with Gasteiger partial charge in [0.25, 0.3) is 0 Å². The molecule has 4 heteroatoms. The first kappa shape index (κ1) is 14.6. The molecule has 1 unspecified atom stereocenters. The van der Waals surface area contributed by atoms with Gasteiger partial charge in [-0.2, -0.15) is 12.6 Å². The SMILES string of the molecule is O=C(NCc1ccncc1)C(CS)Cc1ccccc1. The van der Waals surface area contributed by atoms with Crippen LogP contribution >= 0.6 is 12.6 Å². The zero-order valence-corrected chi connectivity index (χ0v) is 12.1. The van der Waals surface area contributed by atoms with Crippen LogP contribution < -0.4 is 5.32 Å². The maximum Gasteiger partial charge on any atom is 0.224 e. The van der Waals surface area contributed by atoms with E-state index in [2.05, 4.69) is 22.9 Å². The highest BCUT2D eigenvalue weighted by Gasteiger charge is 2.16. The average Bonchev–Trinajstić information content (AvgIpc) is 2.52. The predicted molar refractivity (Wildman–Crippen MR) is 83.6 cm³/mol. The molecule has 2 aromatic rings. The van der Waals surface area contributed by atoms with Crippen molar-refractivity contribution in [3.05, 3.63) is 66.0 Å². The number of pyridine rings is 1. The highest BCUT2D eigenvalue weighted by Crippen LogP contribution is 2.11. The van der Waals surface area contributed by atoms with Gasteiger partial charge in [-0.05, 0) is 29.7 Å². The van der Waals surface area contributed by atoms with Crippen molar-refractivity contribution in [1.29, 1.82) is 0 Å². The van der Waals surface area contributed by atoms with E-state index in [4.69, 9.17) is 0 Å². The third kappa shape index (κ3) is 4.38. The van der Waals surface area contributed by atoms with Crippen LogP contribution in [-0.2, 0) is 17.8 Å². The molecule has 0 aliphatic carbocycles. The van der Waals surface area contributed by atoms with Gasteiger partial charge in [-0.15, -0.1) is 0 Å². The van der Waals surface area contributed by atoms with Crippen LogP contribution in [0, 0.1) is 5.92 Å². The molecule has 1 aromatic carbocycles. The van der Waals surface area contributed by atoms with E-state index in [-0.39, 0.29) is 11.8 Å². The van der Waals surface area contributed by atoms with Gasteiger partial charge in [0.15, 0.2) is 0 Å². The Kier molecular flexibility index (Phi) is 5.62. The van der Waals surface area contributed by atoms with Crippen LogP contribution in [0.25, 0.3) is 0 Å². The molecule has 1 amide bonds. The Morgan fingerprint density at radius 2 is 1.80 bits per heavy atom. The lowest BCUT2D eigenvalue weighted by Gasteiger charge is -2.14. The molecule has 1 aromatic heterocycles. The molecular weight excluding hydrogens is 268 g/mol. The number of nitrogens with one attached hydrogen (secondary N) is 1. The number of amides is 1. The van der Waals surface area contributed by atoms with E-state index < -0.39 is 0 Å². The molecule has 0 bridgehead atoms. The van der Waals surface area contributed by atoms with E-state index in [9.17, 15) is 4.79 Å². The Bertz CT molecular complexity index is 531. The first-order chi connectivity index (χ1) is 9.79. The highest BCUT2D eigenvalue weighted by atomic mass is 32.1. The minimum Gasteiger partial charge on any atom is -0.352 e. The number of rotatable bonds is 6. The van der Waals surface area contributed by atoms with Crippen LogP contribution in [0.15, 0.2) is 54.9 Å². The summed E-state index contributed by atoms with van der Waals surface area (Å²) in [5, 5.41) is 2.95. The van der Waals surface area contributed by atoms with Crippen LogP contribution in [-0.4, -0.2) is 16.6 Å². The van der Waals surface area contributed by atoms with Gasteiger partial charge >= 0.3 is 0 Å². The highest BCUT2D eigenvalue weighted by molar-refractivity contribution is 7.80. The van der Waals surface area contributed by atoms with E-state index in [0.717, 1.165) is 11.1 Å². The molecule has 0 fully saturated rings. The topological polar surface area (TPSA) is 42.0 Å². The van der Waals surface area contributed by atoms with Crippen molar-refractivity contribution in [1.82, 2.24) is 10.3 Å². The van der Waals surface area contributed by atoms with Crippen molar-refractivity contribution >= 4 is 18.5 Å². The fourth-order valence-corrected chi connectivity index (χ4v) is 2.27. The van der Waals surface area contributed by atoms with Crippen LogP contribution in [0.2, 0.25) is 0 Å². The summed E-state index contributed by atoms with van der Waals surface area (Å²) in [6.07, 6.45) is 4.16. The largest absolute Gasteiger partial charge is 0.352 e. The standard InChI is InChI=1S/C16H18N2OS/c19-16(18-11-14-6-8-17-9-7-14)15(12-20)10-13-4-2-1-3-5-13/h1-9,15,20H,10-12H2,(H,18,19). The summed E-state index contributed by atoms with van der Waals surface area (Å²) in [6.45, 7) is 0.528. The first-order valence-corrected chi connectivity index (χ1v) is 7.24. The van der Waals surface area contributed by atoms with Crippen molar-refractivity contribution in [2.24, 2.45) is 5.92 Å². The molecular formula is C16H18N2OS. The maximum atomic E-state index is 12.2. The number of thiol groups is 1. The molecule has 0 aliphatic rings. The van der Waals surface area contributed by atoms with Crippen molar-refractivity contribution < 1.29 is 4.79 Å². The molecule has 0 saturated heterocycles. The van der Waals surface area contributed by atoms with Gasteiger partial charge in [0.1, 0.15) is 0 Å². The van der Waals surface area contributed by atoms with Crippen LogP contribution in [0.1, 0.15) is 11.1 Å². The molecule has 104 valence electrons. The summed E-state index contributed by atoms with van der Waals surface area (Å²) in [5.41, 5.74) is 2.21. The van der Waals surface area contributed by atoms with Crippen molar-refractivity contribution in [2.45, 2.75) is 13.0 Å². The summed E-state index contributed by atoms with van der Waals surface area (Å²) in [5.74, 6) is 0.472. The predicted octanol–water partition coefficient (Wildman–Crippen LogP) is 2.49. The zero-order valence-electron chi connectivity index (χ0n) is 11.2. The van der Waals surface area contributed by atoms with Crippen LogP contribution in [0.3, 0.4) is 0 Å². The number of aromatic nitrogens is 1. The number of carbonyl (C=O) groups excluding carboxylic acids is 1. The minimum absolute atomic E-state index is 0.0423. The van der Waals surface area contributed by atoms with Gasteiger partial charge in [-0.1, -0.05) is 30.3 Å². The first-order valence-electron chi connectivity index (χ1n) is 6.61. The second-order valence-corrected chi connectivity index (χ2v) is 5.01. The molecule has 3 nitrogen and oxygen atoms in total. The van der Waals surface area contributed by atoms with Crippen molar-refractivity contribution in [3.8, 4) is 0 Å². The number of carbonyl (C=O) groups is 1. The number of benzene rings is 1. The molecule has 20 heavy (non-hydrogen) atoms. The molecule has 1 N–H and O–H groups in total. The van der Waals surface area contributed by atoms with E-state index >= 15 is 0 Å². The van der Waals surface area contributed by atoms with Gasteiger partial charge in [0.2, 0.25) is 5.91 Å². The Morgan fingerprint density at radius 3 is 2.45 bits per heavy atom. The second-order valence-electron chi connectivity index (χ2n) is 4.64. The van der Waals surface area contributed by atoms with E-state index in [1.807, 2.05) is 42.5 Å². The van der Waals surface area contributed by atoms with Gasteiger partial charge in [-0.25, -0.2) is 0 Å². The normalized spacial score (nSPS) is 11.8. The Morgan fingerprint density at radius 1 is 1.10 bits per heavy atom. The third-order valence-corrected chi connectivity index (χ3v) is 3.57. The smallest absolute Gasteiger partial charge is 0.224 e. The molecule has 0 radical (unpaired) electrons. The summed E-state index contributed by atoms with van der Waals surface area (Å²) in [4.78, 5) is 16.1. The van der Waals surface area contributed by atoms with Gasteiger partial charge in [0, 0.05) is 24.7 Å². The molecule has 1 atom stereocenters. The lowest BCUT2D eigenvalue weighted by atomic mass is 10.00. The molecule has 2 rings (SSSR count). The number of nitrogens with zero attached hydrogens (tertiary/aromatic N) is 1. The fourth-order valence-electron chi connectivity index (χ4n) is 1.97. The molecule has 0 aliphatic heterocycles. The lowest BCUT2D eigenvalue weighted by molar-refractivity contribution is -0.124. The zero-order chi connectivity index (χ0) is 14.2. The van der Waals surface area contributed by atoms with Gasteiger partial charge in [0.05, 0.1) is 5.92 Å². The summed E-state index contributed by atoms with van der Waals surface area (Å²) in [7, 11) is 0. The molecule has 1 heterocycles. The number of hydrogen-bond donors (Lipinski definition) is 2. The Labute approximate surface area is 124 Å². The monoisotopic (exact) mass is 286 g/mol. The second kappa shape index (κ2) is 7.70. The van der Waals surface area contributed by atoms with Crippen LogP contribution in [0.4, 0.5) is 0 Å². The molecule has 0 spiro atoms. The quantitative estimate of drug-likeness (QED) is 0.801. The van der Waals surface area contributed by atoms with E-state index in [1.54, 1.807) is 12.4 Å². The van der Waals surface area contributed by atoms with Gasteiger partial charge in [-0.3, -0.25) is 9.78 Å². The number of hydrogen-bond acceptors (Lipinski definition) is 3. The Balaban J connectivity index is 1.89. The van der Waals surface area contributed by atoms with E-state index in [1.165, 1.54) is 0 Å². The maximum absolute atomic E-state index is 12.2. The van der Waals surface area contributed by atoms with Crippen LogP contribution in [0.5, 0.6) is 0 Å². The van der Waals surface area contributed by atoms with Crippen molar-refractivity contribution in [2.75, 3.05) is 5.75 Å². The average molecular weight is 286 g/mol. The molecule has 0 saturated carbocycles. The Hall–Kier alpha value is -1.81. The summed E-state index contributed by atoms with van der Waals surface area (Å²) >= 11 is 4.29. The van der Waals surface area contributed by atoms with Gasteiger partial charge < -0.3 is 5.32 Å². The summed E-state index contributed by atoms with van der Waals surface area (Å²) in [6, 6.07) is 13.8. The summed E-state index contributed by atoms with van der Waals surface area (Å²) < 4.78 is 0. The minimum atomic E-state index is -0.109.